The summed E-state index contributed by atoms with van der Waals surface area (Å²) in [4.78, 5) is 31.8. The molecule has 4 aromatic rings. The summed E-state index contributed by atoms with van der Waals surface area (Å²) in [7, 11) is 0. The van der Waals surface area contributed by atoms with Gasteiger partial charge in [-0.05, 0) is 36.4 Å². The lowest BCUT2D eigenvalue weighted by Crippen LogP contribution is -2.49. The Morgan fingerprint density at radius 3 is 2.57 bits per heavy atom. The molecule has 1 saturated heterocycles. The monoisotopic (exact) mass is 491 g/mol. The van der Waals surface area contributed by atoms with Gasteiger partial charge >= 0.3 is 0 Å². The SMILES string of the molecule is O=C(c1cc(=O)[nH]c2cc(F)ccc12)N1CCN(c2cccc(OCc3ccccc3Cl)c2)CC1. The van der Waals surface area contributed by atoms with Gasteiger partial charge < -0.3 is 19.5 Å². The van der Waals surface area contributed by atoms with Crippen molar-refractivity contribution in [2.75, 3.05) is 31.1 Å². The molecule has 1 N–H and O–H groups in total. The number of nitrogens with one attached hydrogen (secondary N) is 1. The Balaban J connectivity index is 1.26. The zero-order chi connectivity index (χ0) is 24.4. The summed E-state index contributed by atoms with van der Waals surface area (Å²) in [6, 6.07) is 20.7. The number of halogens is 2. The van der Waals surface area contributed by atoms with E-state index in [-0.39, 0.29) is 11.5 Å². The molecule has 0 atom stereocenters. The van der Waals surface area contributed by atoms with Crippen molar-refractivity contribution in [2.24, 2.45) is 0 Å². The van der Waals surface area contributed by atoms with Crippen molar-refractivity contribution in [1.29, 1.82) is 0 Å². The van der Waals surface area contributed by atoms with Crippen molar-refractivity contribution in [1.82, 2.24) is 9.88 Å². The third-order valence-electron chi connectivity index (χ3n) is 6.14. The number of nitrogens with zero attached hydrogens (tertiary/aromatic N) is 2. The highest BCUT2D eigenvalue weighted by Gasteiger charge is 2.24. The summed E-state index contributed by atoms with van der Waals surface area (Å²) in [5, 5.41) is 1.20. The number of anilines is 1. The van der Waals surface area contributed by atoms with Crippen LogP contribution in [-0.2, 0) is 6.61 Å². The predicted molar refractivity (Wildman–Crippen MR) is 135 cm³/mol. The zero-order valence-electron chi connectivity index (χ0n) is 18.8. The molecule has 1 fully saturated rings. The second-order valence-corrected chi connectivity index (χ2v) is 8.80. The molecule has 3 aromatic carbocycles. The van der Waals surface area contributed by atoms with Crippen LogP contribution in [0.3, 0.4) is 0 Å². The van der Waals surface area contributed by atoms with E-state index in [1.54, 1.807) is 4.90 Å². The first kappa shape index (κ1) is 22.9. The van der Waals surface area contributed by atoms with Gasteiger partial charge in [-0.3, -0.25) is 9.59 Å². The first-order chi connectivity index (χ1) is 17.0. The van der Waals surface area contributed by atoms with Crippen molar-refractivity contribution in [3.05, 3.63) is 105 Å². The third kappa shape index (κ3) is 5.00. The van der Waals surface area contributed by atoms with Gasteiger partial charge in [0.05, 0.1) is 11.1 Å². The van der Waals surface area contributed by atoms with Gasteiger partial charge in [0.1, 0.15) is 18.2 Å². The lowest BCUT2D eigenvalue weighted by atomic mass is 10.1. The normalized spacial score (nSPS) is 13.8. The van der Waals surface area contributed by atoms with Crippen molar-refractivity contribution in [3.63, 3.8) is 0 Å². The Labute approximate surface area is 206 Å². The van der Waals surface area contributed by atoms with Crippen LogP contribution in [0.25, 0.3) is 10.9 Å². The second-order valence-electron chi connectivity index (χ2n) is 8.39. The maximum absolute atomic E-state index is 13.6. The number of benzene rings is 3. The van der Waals surface area contributed by atoms with Gasteiger partial charge in [0.25, 0.3) is 5.91 Å². The van der Waals surface area contributed by atoms with E-state index < -0.39 is 11.4 Å². The molecule has 178 valence electrons. The number of hydrogen-bond acceptors (Lipinski definition) is 4. The molecule has 0 bridgehead atoms. The summed E-state index contributed by atoms with van der Waals surface area (Å²) in [5.74, 6) is 0.0387. The average Bonchev–Trinajstić information content (AvgIpc) is 2.87. The summed E-state index contributed by atoms with van der Waals surface area (Å²) in [6.45, 7) is 2.64. The summed E-state index contributed by atoms with van der Waals surface area (Å²) in [5.41, 5.74) is 2.09. The number of aromatic amines is 1. The first-order valence-electron chi connectivity index (χ1n) is 11.3. The fraction of sp³-hybridized carbons (Fsp3) is 0.185. The number of rotatable bonds is 5. The lowest BCUT2D eigenvalue weighted by molar-refractivity contribution is 0.0748. The van der Waals surface area contributed by atoms with Crippen LogP contribution in [0.15, 0.2) is 77.6 Å². The Bertz CT molecular complexity index is 1450. The van der Waals surface area contributed by atoms with Gasteiger partial charge in [-0.2, -0.15) is 0 Å². The van der Waals surface area contributed by atoms with Crippen molar-refractivity contribution >= 4 is 34.1 Å². The van der Waals surface area contributed by atoms with Gasteiger partial charge in [-0.25, -0.2) is 4.39 Å². The van der Waals surface area contributed by atoms with Gasteiger partial charge in [0.15, 0.2) is 0 Å². The first-order valence-corrected chi connectivity index (χ1v) is 11.7. The molecule has 2 heterocycles. The second kappa shape index (κ2) is 9.80. The number of piperazine rings is 1. The number of ether oxygens (including phenoxy) is 1. The molecule has 0 saturated carbocycles. The van der Waals surface area contributed by atoms with Crippen LogP contribution in [0, 0.1) is 5.82 Å². The molecule has 1 aromatic heterocycles. The van der Waals surface area contributed by atoms with Crippen LogP contribution in [0.5, 0.6) is 5.75 Å². The van der Waals surface area contributed by atoms with Crippen LogP contribution in [0.4, 0.5) is 10.1 Å². The minimum absolute atomic E-state index is 0.232. The van der Waals surface area contributed by atoms with Gasteiger partial charge in [-0.15, -0.1) is 0 Å². The molecule has 1 amide bonds. The fourth-order valence-corrected chi connectivity index (χ4v) is 4.48. The molecule has 0 radical (unpaired) electrons. The van der Waals surface area contributed by atoms with E-state index in [0.717, 1.165) is 17.0 Å². The van der Waals surface area contributed by atoms with E-state index in [9.17, 15) is 14.0 Å². The molecule has 0 unspecified atom stereocenters. The lowest BCUT2D eigenvalue weighted by Gasteiger charge is -2.36. The molecular formula is C27H23ClFN3O3. The van der Waals surface area contributed by atoms with Crippen molar-refractivity contribution < 1.29 is 13.9 Å². The molecule has 1 aliphatic rings. The van der Waals surface area contributed by atoms with E-state index in [1.807, 2.05) is 48.5 Å². The summed E-state index contributed by atoms with van der Waals surface area (Å²) in [6.07, 6.45) is 0. The molecular weight excluding hydrogens is 469 g/mol. The maximum Gasteiger partial charge on any atom is 0.254 e. The number of aromatic nitrogens is 1. The smallest absolute Gasteiger partial charge is 0.254 e. The third-order valence-corrected chi connectivity index (χ3v) is 6.51. The highest BCUT2D eigenvalue weighted by atomic mass is 35.5. The molecule has 1 aliphatic heterocycles. The molecule has 5 rings (SSSR count). The van der Waals surface area contributed by atoms with Crippen molar-refractivity contribution in [3.8, 4) is 5.75 Å². The molecule has 8 heteroatoms. The van der Waals surface area contributed by atoms with Gasteiger partial charge in [0, 0.05) is 60.0 Å². The molecule has 0 aliphatic carbocycles. The fourth-order valence-electron chi connectivity index (χ4n) is 4.29. The number of hydrogen-bond donors (Lipinski definition) is 1. The van der Waals surface area contributed by atoms with E-state index in [0.29, 0.717) is 48.7 Å². The highest BCUT2D eigenvalue weighted by Crippen LogP contribution is 2.25. The quantitative estimate of drug-likeness (QED) is 0.433. The van der Waals surface area contributed by atoms with Crippen LogP contribution < -0.4 is 15.2 Å². The van der Waals surface area contributed by atoms with Crippen molar-refractivity contribution in [2.45, 2.75) is 6.61 Å². The summed E-state index contributed by atoms with van der Waals surface area (Å²) < 4.78 is 19.6. The van der Waals surface area contributed by atoms with E-state index in [4.69, 9.17) is 16.3 Å². The van der Waals surface area contributed by atoms with Crippen LogP contribution in [0.1, 0.15) is 15.9 Å². The van der Waals surface area contributed by atoms with Crippen LogP contribution in [0.2, 0.25) is 5.02 Å². The Morgan fingerprint density at radius 1 is 0.971 bits per heavy atom. The Morgan fingerprint density at radius 2 is 1.77 bits per heavy atom. The summed E-state index contributed by atoms with van der Waals surface area (Å²) >= 11 is 6.22. The molecule has 0 spiro atoms. The minimum atomic E-state index is -0.468. The maximum atomic E-state index is 13.6. The van der Waals surface area contributed by atoms with Crippen LogP contribution >= 0.6 is 11.6 Å². The van der Waals surface area contributed by atoms with E-state index >= 15 is 0 Å². The number of H-pyrrole nitrogens is 1. The largest absolute Gasteiger partial charge is 0.489 e. The van der Waals surface area contributed by atoms with E-state index in [2.05, 4.69) is 9.88 Å². The van der Waals surface area contributed by atoms with Crippen LogP contribution in [-0.4, -0.2) is 42.0 Å². The number of fused-ring (bicyclic) bond motifs is 1. The topological polar surface area (TPSA) is 65.6 Å². The Kier molecular flexibility index (Phi) is 6.42. The standard InChI is InChI=1S/C27H23ClFN3O3/c28-24-7-2-1-4-18(24)17-35-21-6-3-5-20(15-21)31-10-12-32(13-11-31)27(34)23-16-26(33)30-25-14-19(29)8-9-22(23)25/h1-9,14-16H,10-13,17H2,(H,30,33). The van der Waals surface area contributed by atoms with Gasteiger partial charge in [-0.1, -0.05) is 35.9 Å². The average molecular weight is 492 g/mol. The number of carbonyl (C=O) groups is 1. The Hall–Kier alpha value is -3.84. The predicted octanol–water partition coefficient (Wildman–Crippen LogP) is 4.86. The molecule has 6 nitrogen and oxygen atoms in total. The number of pyridine rings is 1. The van der Waals surface area contributed by atoms with E-state index in [1.165, 1.54) is 24.3 Å². The minimum Gasteiger partial charge on any atom is -0.489 e. The highest BCUT2D eigenvalue weighted by molar-refractivity contribution is 6.31. The molecule has 35 heavy (non-hydrogen) atoms. The van der Waals surface area contributed by atoms with Gasteiger partial charge in [0.2, 0.25) is 5.56 Å². The number of carbonyl (C=O) groups excluding carboxylic acids is 1. The zero-order valence-corrected chi connectivity index (χ0v) is 19.6. The number of amides is 1.